The van der Waals surface area contributed by atoms with Crippen molar-refractivity contribution in [3.8, 4) is 0 Å². The molecule has 6 nitrogen and oxygen atoms in total. The lowest BCUT2D eigenvalue weighted by Crippen LogP contribution is -2.40. The number of carbonyl (C=O) groups is 2. The molecule has 1 rings (SSSR count). The molecule has 3 amide bonds. The van der Waals surface area contributed by atoms with E-state index in [1.54, 1.807) is 13.2 Å². The maximum atomic E-state index is 11.9. The van der Waals surface area contributed by atoms with Gasteiger partial charge in [-0.1, -0.05) is 13.0 Å². The summed E-state index contributed by atoms with van der Waals surface area (Å²) in [6.07, 6.45) is 2.87. The van der Waals surface area contributed by atoms with Crippen LogP contribution in [0.1, 0.15) is 32.4 Å². The summed E-state index contributed by atoms with van der Waals surface area (Å²) in [6.45, 7) is 4.73. The van der Waals surface area contributed by atoms with Crippen LogP contribution in [0.2, 0.25) is 0 Å². The summed E-state index contributed by atoms with van der Waals surface area (Å²) in [4.78, 5) is 29.1. The lowest BCUT2D eigenvalue weighted by molar-refractivity contribution is -0.121. The zero-order valence-corrected chi connectivity index (χ0v) is 12.9. The Bertz CT molecular complexity index is 450. The lowest BCUT2D eigenvalue weighted by Gasteiger charge is -2.17. The number of rotatable bonds is 7. The molecule has 1 unspecified atom stereocenters. The zero-order valence-electron chi connectivity index (χ0n) is 12.9. The van der Waals surface area contributed by atoms with Gasteiger partial charge in [0, 0.05) is 32.3 Å². The molecule has 1 atom stereocenters. The van der Waals surface area contributed by atoms with E-state index < -0.39 is 0 Å². The van der Waals surface area contributed by atoms with E-state index in [2.05, 4.69) is 15.6 Å². The van der Waals surface area contributed by atoms with Crippen molar-refractivity contribution in [2.24, 2.45) is 0 Å². The standard InChI is InChI=1S/C15H24N4O2/c1-4-12(2)18-14(20)8-10-17-15(21)19(3)11-13-7-5-6-9-16-13/h5-7,9,12H,4,8,10-11H2,1-3H3,(H,17,21)(H,18,20). The van der Waals surface area contributed by atoms with Crippen molar-refractivity contribution < 1.29 is 9.59 Å². The molecule has 116 valence electrons. The third kappa shape index (κ3) is 6.74. The van der Waals surface area contributed by atoms with Crippen LogP contribution < -0.4 is 10.6 Å². The second-order valence-corrected chi connectivity index (χ2v) is 5.04. The van der Waals surface area contributed by atoms with E-state index in [4.69, 9.17) is 0 Å². The molecule has 0 aliphatic carbocycles. The summed E-state index contributed by atoms with van der Waals surface area (Å²) < 4.78 is 0. The van der Waals surface area contributed by atoms with E-state index in [0.717, 1.165) is 12.1 Å². The van der Waals surface area contributed by atoms with E-state index in [-0.39, 0.29) is 24.4 Å². The molecule has 1 aromatic rings. The van der Waals surface area contributed by atoms with Gasteiger partial charge in [0.1, 0.15) is 0 Å². The van der Waals surface area contributed by atoms with Gasteiger partial charge < -0.3 is 15.5 Å². The molecule has 0 radical (unpaired) electrons. The van der Waals surface area contributed by atoms with E-state index in [1.807, 2.05) is 32.0 Å². The average molecular weight is 292 g/mol. The molecule has 1 aromatic heterocycles. The number of nitrogens with zero attached hydrogens (tertiary/aromatic N) is 2. The van der Waals surface area contributed by atoms with Crippen molar-refractivity contribution in [2.75, 3.05) is 13.6 Å². The topological polar surface area (TPSA) is 74.3 Å². The first-order valence-electron chi connectivity index (χ1n) is 7.21. The van der Waals surface area contributed by atoms with Crippen LogP contribution in [0.5, 0.6) is 0 Å². The molecule has 0 aromatic carbocycles. The minimum Gasteiger partial charge on any atom is -0.354 e. The quantitative estimate of drug-likeness (QED) is 0.800. The van der Waals surface area contributed by atoms with Gasteiger partial charge in [0.05, 0.1) is 12.2 Å². The first-order chi connectivity index (χ1) is 10.0. The van der Waals surface area contributed by atoms with E-state index in [9.17, 15) is 9.59 Å². The number of pyridine rings is 1. The predicted octanol–water partition coefficient (Wildman–Crippen LogP) is 1.53. The van der Waals surface area contributed by atoms with Gasteiger partial charge in [0.25, 0.3) is 0 Å². The van der Waals surface area contributed by atoms with Gasteiger partial charge in [-0.25, -0.2) is 4.79 Å². The molecule has 1 heterocycles. The van der Waals surface area contributed by atoms with Gasteiger partial charge >= 0.3 is 6.03 Å². The Kier molecular flexibility index (Phi) is 7.21. The highest BCUT2D eigenvalue weighted by atomic mass is 16.2. The molecule has 0 spiro atoms. The minimum atomic E-state index is -0.211. The van der Waals surface area contributed by atoms with Crippen molar-refractivity contribution in [1.29, 1.82) is 0 Å². The fourth-order valence-corrected chi connectivity index (χ4v) is 1.67. The lowest BCUT2D eigenvalue weighted by atomic mass is 10.2. The Balaban J connectivity index is 2.25. The predicted molar refractivity (Wildman–Crippen MR) is 81.6 cm³/mol. The Morgan fingerprint density at radius 1 is 1.38 bits per heavy atom. The van der Waals surface area contributed by atoms with Crippen LogP contribution in [-0.2, 0) is 11.3 Å². The molecule has 21 heavy (non-hydrogen) atoms. The van der Waals surface area contributed by atoms with Crippen molar-refractivity contribution >= 4 is 11.9 Å². The Hall–Kier alpha value is -2.11. The summed E-state index contributed by atoms with van der Waals surface area (Å²) in [6, 6.07) is 5.54. The summed E-state index contributed by atoms with van der Waals surface area (Å²) >= 11 is 0. The molecule has 0 fully saturated rings. The second-order valence-electron chi connectivity index (χ2n) is 5.04. The highest BCUT2D eigenvalue weighted by Crippen LogP contribution is 1.98. The van der Waals surface area contributed by atoms with E-state index >= 15 is 0 Å². The Morgan fingerprint density at radius 2 is 2.14 bits per heavy atom. The molecule has 0 aliphatic heterocycles. The number of amides is 3. The van der Waals surface area contributed by atoms with Gasteiger partial charge in [-0.05, 0) is 25.5 Å². The maximum Gasteiger partial charge on any atom is 0.317 e. The van der Waals surface area contributed by atoms with Crippen LogP contribution in [0.3, 0.4) is 0 Å². The fraction of sp³-hybridized carbons (Fsp3) is 0.533. The van der Waals surface area contributed by atoms with Crippen molar-refractivity contribution in [1.82, 2.24) is 20.5 Å². The van der Waals surface area contributed by atoms with Gasteiger partial charge in [0.2, 0.25) is 5.91 Å². The molecule has 6 heteroatoms. The highest BCUT2D eigenvalue weighted by molar-refractivity contribution is 5.78. The first kappa shape index (κ1) is 16.9. The fourth-order valence-electron chi connectivity index (χ4n) is 1.67. The van der Waals surface area contributed by atoms with Gasteiger partial charge in [-0.3, -0.25) is 9.78 Å². The molecule has 0 aliphatic rings. The van der Waals surface area contributed by atoms with Crippen molar-refractivity contribution in [2.45, 2.75) is 39.3 Å². The molecule has 2 N–H and O–H groups in total. The van der Waals surface area contributed by atoms with Crippen LogP contribution in [0, 0.1) is 0 Å². The monoisotopic (exact) mass is 292 g/mol. The summed E-state index contributed by atoms with van der Waals surface area (Å²) in [5.41, 5.74) is 0.824. The van der Waals surface area contributed by atoms with E-state index in [0.29, 0.717) is 13.1 Å². The largest absolute Gasteiger partial charge is 0.354 e. The van der Waals surface area contributed by atoms with Crippen LogP contribution in [-0.4, -0.2) is 41.5 Å². The number of hydrogen-bond donors (Lipinski definition) is 2. The second kappa shape index (κ2) is 8.94. The minimum absolute atomic E-state index is 0.0444. The average Bonchev–Trinajstić information content (AvgIpc) is 2.47. The number of hydrogen-bond acceptors (Lipinski definition) is 3. The molecule has 0 bridgehead atoms. The number of carbonyl (C=O) groups excluding carboxylic acids is 2. The SMILES string of the molecule is CCC(C)NC(=O)CCNC(=O)N(C)Cc1ccccn1. The Labute approximate surface area is 125 Å². The third-order valence-electron chi connectivity index (χ3n) is 3.12. The van der Waals surface area contributed by atoms with Crippen molar-refractivity contribution in [3.63, 3.8) is 0 Å². The van der Waals surface area contributed by atoms with Crippen LogP contribution in [0.4, 0.5) is 4.79 Å². The van der Waals surface area contributed by atoms with E-state index in [1.165, 1.54) is 4.90 Å². The summed E-state index contributed by atoms with van der Waals surface area (Å²) in [5.74, 6) is -0.0444. The normalized spacial score (nSPS) is 11.6. The smallest absolute Gasteiger partial charge is 0.317 e. The third-order valence-corrected chi connectivity index (χ3v) is 3.12. The summed E-state index contributed by atoms with van der Waals surface area (Å²) in [5, 5.41) is 5.58. The van der Waals surface area contributed by atoms with Gasteiger partial charge in [0.15, 0.2) is 0 Å². The van der Waals surface area contributed by atoms with Crippen molar-refractivity contribution in [3.05, 3.63) is 30.1 Å². The number of nitrogens with one attached hydrogen (secondary N) is 2. The number of aromatic nitrogens is 1. The molecule has 0 saturated heterocycles. The first-order valence-corrected chi connectivity index (χ1v) is 7.21. The molecular formula is C15H24N4O2. The zero-order chi connectivity index (χ0) is 15.7. The number of urea groups is 1. The van der Waals surface area contributed by atoms with Crippen LogP contribution in [0.15, 0.2) is 24.4 Å². The Morgan fingerprint density at radius 3 is 2.76 bits per heavy atom. The summed E-state index contributed by atoms with van der Waals surface area (Å²) in [7, 11) is 1.70. The van der Waals surface area contributed by atoms with Crippen LogP contribution >= 0.6 is 0 Å². The highest BCUT2D eigenvalue weighted by Gasteiger charge is 2.10. The van der Waals surface area contributed by atoms with Gasteiger partial charge in [-0.15, -0.1) is 0 Å². The maximum absolute atomic E-state index is 11.9. The van der Waals surface area contributed by atoms with Gasteiger partial charge in [-0.2, -0.15) is 0 Å². The van der Waals surface area contributed by atoms with Crippen LogP contribution in [0.25, 0.3) is 0 Å². The molecule has 0 saturated carbocycles. The molecular weight excluding hydrogens is 268 g/mol.